The van der Waals surface area contributed by atoms with Gasteiger partial charge in [0.2, 0.25) is 12.0 Å². The monoisotopic (exact) mass is 267 g/mol. The molecule has 0 N–H and O–H groups in total. The van der Waals surface area contributed by atoms with Gasteiger partial charge in [0, 0.05) is 17.8 Å². The van der Waals surface area contributed by atoms with Gasteiger partial charge in [0.15, 0.2) is 0 Å². The molecule has 5 heteroatoms. The second kappa shape index (κ2) is 5.30. The fourth-order valence-corrected chi connectivity index (χ4v) is 1.60. The molecule has 0 spiro atoms. The lowest BCUT2D eigenvalue weighted by Crippen LogP contribution is -2.26. The van der Waals surface area contributed by atoms with Crippen LogP contribution in [0.15, 0.2) is 48.7 Å². The second-order valence-electron chi connectivity index (χ2n) is 4.12. The summed E-state index contributed by atoms with van der Waals surface area (Å²) in [5.74, 6) is -0.0446. The Balaban J connectivity index is 2.27. The SMILES string of the molecule is Cc1ccc(OC(c2ccccc2)C(F)(F)F)nc1. The van der Waals surface area contributed by atoms with Gasteiger partial charge in [0.25, 0.3) is 0 Å². The minimum atomic E-state index is -4.49. The predicted octanol–water partition coefficient (Wildman–Crippen LogP) is 4.07. The molecule has 19 heavy (non-hydrogen) atoms. The minimum absolute atomic E-state index is 0.0446. The van der Waals surface area contributed by atoms with E-state index in [1.54, 1.807) is 31.2 Å². The number of aromatic nitrogens is 1. The molecule has 0 radical (unpaired) electrons. The first kappa shape index (κ1) is 13.4. The fraction of sp³-hybridized carbons (Fsp3) is 0.214. The van der Waals surface area contributed by atoms with Gasteiger partial charge in [-0.3, -0.25) is 0 Å². The molecule has 1 atom stereocenters. The third kappa shape index (κ3) is 3.47. The Kier molecular flexibility index (Phi) is 3.74. The van der Waals surface area contributed by atoms with Crippen LogP contribution in [0.4, 0.5) is 13.2 Å². The number of hydrogen-bond acceptors (Lipinski definition) is 2. The fourth-order valence-electron chi connectivity index (χ4n) is 1.60. The van der Waals surface area contributed by atoms with Crippen molar-refractivity contribution in [2.75, 3.05) is 0 Å². The third-order valence-corrected chi connectivity index (χ3v) is 2.52. The summed E-state index contributed by atoms with van der Waals surface area (Å²) in [5, 5.41) is 0. The topological polar surface area (TPSA) is 22.1 Å². The molecule has 1 aromatic carbocycles. The molecule has 0 saturated carbocycles. The Morgan fingerprint density at radius 3 is 2.26 bits per heavy atom. The molecule has 0 amide bonds. The third-order valence-electron chi connectivity index (χ3n) is 2.52. The van der Waals surface area contributed by atoms with E-state index in [9.17, 15) is 13.2 Å². The number of nitrogens with zero attached hydrogens (tertiary/aromatic N) is 1. The number of pyridine rings is 1. The lowest BCUT2D eigenvalue weighted by atomic mass is 10.1. The van der Waals surface area contributed by atoms with Gasteiger partial charge in [0.1, 0.15) is 0 Å². The maximum absolute atomic E-state index is 13.0. The number of ether oxygens (including phenoxy) is 1. The van der Waals surface area contributed by atoms with Gasteiger partial charge in [-0.1, -0.05) is 36.4 Å². The van der Waals surface area contributed by atoms with Crippen molar-refractivity contribution in [2.45, 2.75) is 19.2 Å². The first-order chi connectivity index (χ1) is 8.97. The smallest absolute Gasteiger partial charge is 0.429 e. The van der Waals surface area contributed by atoms with Gasteiger partial charge in [-0.25, -0.2) is 4.98 Å². The Bertz CT molecular complexity index is 523. The van der Waals surface area contributed by atoms with Gasteiger partial charge < -0.3 is 4.74 Å². The molecule has 2 rings (SSSR count). The van der Waals surface area contributed by atoms with Gasteiger partial charge in [0.05, 0.1) is 0 Å². The highest BCUT2D eigenvalue weighted by molar-refractivity contribution is 5.22. The number of halogens is 3. The van der Waals surface area contributed by atoms with Crippen LogP contribution in [0.3, 0.4) is 0 Å². The molecule has 1 aromatic heterocycles. The van der Waals surface area contributed by atoms with E-state index in [-0.39, 0.29) is 11.4 Å². The van der Waals surface area contributed by atoms with Crippen LogP contribution < -0.4 is 4.74 Å². The van der Waals surface area contributed by atoms with E-state index < -0.39 is 12.3 Å². The van der Waals surface area contributed by atoms with Crippen LogP contribution in [0.1, 0.15) is 17.2 Å². The summed E-state index contributed by atoms with van der Waals surface area (Å²) in [6.45, 7) is 1.80. The molecule has 0 saturated heterocycles. The first-order valence-corrected chi connectivity index (χ1v) is 5.68. The number of aryl methyl sites for hydroxylation is 1. The molecule has 1 heterocycles. The van der Waals surface area contributed by atoms with E-state index in [4.69, 9.17) is 4.74 Å². The van der Waals surface area contributed by atoms with Crippen LogP contribution >= 0.6 is 0 Å². The maximum Gasteiger partial charge on any atom is 0.429 e. The maximum atomic E-state index is 13.0. The Hall–Kier alpha value is -2.04. The predicted molar refractivity (Wildman–Crippen MR) is 64.8 cm³/mol. The summed E-state index contributed by atoms with van der Waals surface area (Å²) >= 11 is 0. The van der Waals surface area contributed by atoms with Crippen molar-refractivity contribution in [1.82, 2.24) is 4.98 Å². The molecular weight excluding hydrogens is 255 g/mol. The van der Waals surface area contributed by atoms with Crippen LogP contribution in [-0.2, 0) is 0 Å². The molecule has 1 unspecified atom stereocenters. The number of benzene rings is 1. The van der Waals surface area contributed by atoms with E-state index in [1.165, 1.54) is 24.4 Å². The van der Waals surface area contributed by atoms with Gasteiger partial charge in [-0.2, -0.15) is 13.2 Å². The Morgan fingerprint density at radius 1 is 1.05 bits per heavy atom. The van der Waals surface area contributed by atoms with Crippen molar-refractivity contribution in [3.05, 3.63) is 59.8 Å². The highest BCUT2D eigenvalue weighted by Crippen LogP contribution is 2.36. The zero-order valence-corrected chi connectivity index (χ0v) is 10.2. The van der Waals surface area contributed by atoms with E-state index >= 15 is 0 Å². The van der Waals surface area contributed by atoms with Crippen LogP contribution in [0.2, 0.25) is 0 Å². The number of alkyl halides is 3. The van der Waals surface area contributed by atoms with Gasteiger partial charge in [-0.05, 0) is 12.5 Å². The van der Waals surface area contributed by atoms with Gasteiger partial charge >= 0.3 is 6.18 Å². The Labute approximate surface area is 108 Å². The van der Waals surface area contributed by atoms with E-state index in [2.05, 4.69) is 4.98 Å². The van der Waals surface area contributed by atoms with Crippen LogP contribution in [0.5, 0.6) is 5.88 Å². The van der Waals surface area contributed by atoms with Crippen molar-refractivity contribution in [2.24, 2.45) is 0 Å². The lowest BCUT2D eigenvalue weighted by Gasteiger charge is -2.21. The van der Waals surface area contributed by atoms with Crippen molar-refractivity contribution in [1.29, 1.82) is 0 Å². The minimum Gasteiger partial charge on any atom is -0.460 e. The molecular formula is C14H12F3NO. The summed E-state index contributed by atoms with van der Waals surface area (Å²) in [4.78, 5) is 3.83. The normalized spacial score (nSPS) is 13.1. The quantitative estimate of drug-likeness (QED) is 0.836. The molecule has 0 fully saturated rings. The number of rotatable bonds is 3. The molecule has 0 aliphatic heterocycles. The average molecular weight is 267 g/mol. The highest BCUT2D eigenvalue weighted by atomic mass is 19.4. The molecule has 2 nitrogen and oxygen atoms in total. The van der Waals surface area contributed by atoms with Crippen molar-refractivity contribution in [3.8, 4) is 5.88 Å². The van der Waals surface area contributed by atoms with Crippen LogP contribution in [0, 0.1) is 6.92 Å². The van der Waals surface area contributed by atoms with Crippen molar-refractivity contribution < 1.29 is 17.9 Å². The summed E-state index contributed by atoms with van der Waals surface area (Å²) in [6, 6.07) is 10.6. The van der Waals surface area contributed by atoms with Gasteiger partial charge in [-0.15, -0.1) is 0 Å². The lowest BCUT2D eigenvalue weighted by molar-refractivity contribution is -0.198. The van der Waals surface area contributed by atoms with Crippen LogP contribution in [0.25, 0.3) is 0 Å². The average Bonchev–Trinajstić information content (AvgIpc) is 2.37. The van der Waals surface area contributed by atoms with E-state index in [0.717, 1.165) is 5.56 Å². The summed E-state index contributed by atoms with van der Waals surface area (Å²) in [5.41, 5.74) is 0.910. The first-order valence-electron chi connectivity index (χ1n) is 5.68. The molecule has 0 aliphatic carbocycles. The standard InChI is InChI=1S/C14H12F3NO/c1-10-7-8-12(18-9-10)19-13(14(15,16)17)11-5-3-2-4-6-11/h2-9,13H,1H3. The van der Waals surface area contributed by atoms with E-state index in [0.29, 0.717) is 0 Å². The molecule has 0 bridgehead atoms. The zero-order valence-electron chi connectivity index (χ0n) is 10.2. The molecule has 2 aromatic rings. The summed E-state index contributed by atoms with van der Waals surface area (Å²) in [7, 11) is 0. The number of hydrogen-bond donors (Lipinski definition) is 0. The Morgan fingerprint density at radius 2 is 1.74 bits per heavy atom. The largest absolute Gasteiger partial charge is 0.460 e. The molecule has 0 aliphatic rings. The van der Waals surface area contributed by atoms with Crippen molar-refractivity contribution >= 4 is 0 Å². The summed E-state index contributed by atoms with van der Waals surface area (Å²) in [6.07, 6.45) is -5.04. The van der Waals surface area contributed by atoms with Crippen LogP contribution in [-0.4, -0.2) is 11.2 Å². The zero-order chi connectivity index (χ0) is 13.9. The van der Waals surface area contributed by atoms with Crippen molar-refractivity contribution in [3.63, 3.8) is 0 Å². The van der Waals surface area contributed by atoms with E-state index in [1.807, 2.05) is 0 Å². The summed E-state index contributed by atoms with van der Waals surface area (Å²) < 4.78 is 44.0. The molecule has 100 valence electrons. The second-order valence-corrected chi connectivity index (χ2v) is 4.12. The highest BCUT2D eigenvalue weighted by Gasteiger charge is 2.43.